The maximum atomic E-state index is 12.0. The molecule has 191 valence electrons. The van der Waals surface area contributed by atoms with E-state index >= 15 is 0 Å². The van der Waals surface area contributed by atoms with Gasteiger partial charge in [0.2, 0.25) is 0 Å². The summed E-state index contributed by atoms with van der Waals surface area (Å²) in [5.74, 6) is -0.601. The predicted octanol–water partition coefficient (Wildman–Crippen LogP) is 5.92. The van der Waals surface area contributed by atoms with Gasteiger partial charge in [-0.25, -0.2) is 8.78 Å². The van der Waals surface area contributed by atoms with E-state index in [-0.39, 0.29) is 35.1 Å². The monoisotopic (exact) mass is 611 g/mol. The Morgan fingerprint density at radius 2 is 1.23 bits per heavy atom. The summed E-state index contributed by atoms with van der Waals surface area (Å²) < 4.78 is 64.8. The summed E-state index contributed by atoms with van der Waals surface area (Å²) in [6.07, 6.45) is 1.27. The summed E-state index contributed by atoms with van der Waals surface area (Å²) in [5, 5.41) is 18.9. The fraction of sp³-hybridized carbons (Fsp3) is 0.100. The first-order chi connectivity index (χ1) is 16.7. The van der Waals surface area contributed by atoms with Gasteiger partial charge in [0.1, 0.15) is 11.6 Å². The van der Waals surface area contributed by atoms with E-state index in [0.717, 1.165) is 34.0 Å². The zero-order valence-corrected chi connectivity index (χ0v) is 21.7. The van der Waals surface area contributed by atoms with Crippen LogP contribution in [0.2, 0.25) is 0 Å². The van der Waals surface area contributed by atoms with Crippen LogP contribution >= 0.6 is 45.3 Å². The number of hydrogen-bond donors (Lipinski definition) is 2. The molecule has 15 heteroatoms. The Morgan fingerprint density at radius 1 is 0.714 bits per heavy atom. The molecule has 0 bridgehead atoms. The van der Waals surface area contributed by atoms with Gasteiger partial charge in [-0.15, -0.1) is 45.3 Å². The predicted molar refractivity (Wildman–Crippen MR) is 121 cm³/mol. The Balaban J connectivity index is 0.000000424. The van der Waals surface area contributed by atoms with Crippen LogP contribution in [0.5, 0.6) is 0 Å². The Labute approximate surface area is 218 Å². The number of aldehydes is 2. The zero-order chi connectivity index (χ0) is 26.6. The third-order valence-electron chi connectivity index (χ3n) is 2.98. The second-order valence-electron chi connectivity index (χ2n) is 5.36. The van der Waals surface area contributed by atoms with Crippen molar-refractivity contribution in [2.75, 3.05) is 0 Å². The first-order valence-corrected chi connectivity index (χ1v) is 13.1. The van der Waals surface area contributed by atoms with Gasteiger partial charge in [-0.1, -0.05) is 0 Å². The molecule has 0 aliphatic heterocycles. The standard InChI is InChI=1S/C5H5FOS.C5H3FOS.C5H5FOS.C5H3FOS.Mn.2O/c2*6-4-1-5(2-7)8-3-4;2*6-5-2-1-4(3-7)8-5;;;/h1,3,7H,2H2;1-3H;1-2,7H,3H2;1-3H;;;. The van der Waals surface area contributed by atoms with E-state index in [9.17, 15) is 27.2 Å². The van der Waals surface area contributed by atoms with Crippen molar-refractivity contribution in [2.45, 2.75) is 13.2 Å². The van der Waals surface area contributed by atoms with Crippen LogP contribution in [0.4, 0.5) is 17.6 Å². The zero-order valence-electron chi connectivity index (χ0n) is 17.2. The van der Waals surface area contributed by atoms with Crippen molar-refractivity contribution in [2.24, 2.45) is 0 Å². The number of carbonyl (C=O) groups excluding carboxylic acids is 2. The summed E-state index contributed by atoms with van der Waals surface area (Å²) in [7, 11) is 0. The molecule has 6 nitrogen and oxygen atoms in total. The molecule has 0 radical (unpaired) electrons. The number of aliphatic hydroxyl groups is 2. The molecule has 0 aliphatic rings. The Morgan fingerprint density at radius 3 is 1.46 bits per heavy atom. The van der Waals surface area contributed by atoms with Gasteiger partial charge in [-0.2, -0.15) is 8.78 Å². The number of hydrogen-bond acceptors (Lipinski definition) is 10. The van der Waals surface area contributed by atoms with Crippen LogP contribution in [0.3, 0.4) is 0 Å². The SMILES string of the molecule is O=Cc1cc(F)cs1.O=Cc1ccc(F)s1.OCc1cc(F)cs1.OCc1ccc(F)s1.[O]=[Mn]=[O]. The molecule has 0 aromatic carbocycles. The molecule has 0 spiro atoms. The molecule has 0 fully saturated rings. The van der Waals surface area contributed by atoms with Crippen molar-refractivity contribution in [3.05, 3.63) is 88.6 Å². The molecule has 0 aliphatic carbocycles. The van der Waals surface area contributed by atoms with Crippen molar-refractivity contribution in [1.82, 2.24) is 0 Å². The number of rotatable bonds is 4. The van der Waals surface area contributed by atoms with E-state index in [1.54, 1.807) is 6.07 Å². The average Bonchev–Trinajstić information content (AvgIpc) is 3.64. The van der Waals surface area contributed by atoms with Crippen LogP contribution < -0.4 is 0 Å². The van der Waals surface area contributed by atoms with Crippen LogP contribution in [-0.2, 0) is 35.7 Å². The maximum absolute atomic E-state index is 12.0. The first-order valence-electron chi connectivity index (χ1n) is 8.70. The van der Waals surface area contributed by atoms with Crippen LogP contribution in [0, 0.1) is 21.9 Å². The molecule has 0 saturated carbocycles. The van der Waals surface area contributed by atoms with Crippen LogP contribution in [-0.4, -0.2) is 22.8 Å². The molecule has 2 N–H and O–H groups in total. The van der Waals surface area contributed by atoms with E-state index in [1.807, 2.05) is 0 Å². The third-order valence-corrected chi connectivity index (χ3v) is 6.36. The van der Waals surface area contributed by atoms with Gasteiger partial charge in [-0.05, 0) is 36.4 Å². The fourth-order valence-electron chi connectivity index (χ4n) is 1.66. The molecule has 0 unspecified atom stereocenters. The van der Waals surface area contributed by atoms with E-state index < -0.39 is 14.8 Å². The van der Waals surface area contributed by atoms with Crippen molar-refractivity contribution in [3.63, 3.8) is 0 Å². The van der Waals surface area contributed by atoms with Gasteiger partial charge in [0.15, 0.2) is 22.8 Å². The molecular formula is C20H16F4MnO6S4. The summed E-state index contributed by atoms with van der Waals surface area (Å²) in [6.45, 7) is -0.122. The van der Waals surface area contributed by atoms with E-state index in [2.05, 4.69) is 0 Å². The van der Waals surface area contributed by atoms with Gasteiger partial charge in [0.25, 0.3) is 0 Å². The molecule has 4 rings (SSSR count). The molecule has 4 heterocycles. The minimum atomic E-state index is -1.44. The Bertz CT molecular complexity index is 1080. The number of aliphatic hydroxyl groups excluding tert-OH is 2. The van der Waals surface area contributed by atoms with Gasteiger partial charge < -0.3 is 10.2 Å². The van der Waals surface area contributed by atoms with Crippen molar-refractivity contribution >= 4 is 57.9 Å². The average molecular weight is 612 g/mol. The topological polar surface area (TPSA) is 109 Å². The molecule has 35 heavy (non-hydrogen) atoms. The van der Waals surface area contributed by atoms with Gasteiger partial charge >= 0.3 is 22.5 Å². The summed E-state index contributed by atoms with van der Waals surface area (Å²) in [4.78, 5) is 21.9. The van der Waals surface area contributed by atoms with E-state index in [0.29, 0.717) is 32.1 Å². The second-order valence-corrected chi connectivity index (χ2v) is 9.68. The van der Waals surface area contributed by atoms with Crippen LogP contribution in [0.25, 0.3) is 0 Å². The van der Waals surface area contributed by atoms with Crippen LogP contribution in [0.1, 0.15) is 29.1 Å². The summed E-state index contributed by atoms with van der Waals surface area (Å²) >= 11 is 2.72. The third kappa shape index (κ3) is 16.2. The first kappa shape index (κ1) is 32.9. The molecule has 0 saturated heterocycles. The van der Waals surface area contributed by atoms with Crippen LogP contribution in [0.15, 0.2) is 47.2 Å². The molecule has 0 atom stereocenters. The van der Waals surface area contributed by atoms with Crippen molar-refractivity contribution in [1.29, 1.82) is 0 Å². The Kier molecular flexibility index (Phi) is 18.9. The molecular weight excluding hydrogens is 595 g/mol. The summed E-state index contributed by atoms with van der Waals surface area (Å²) in [6, 6.07) is 8.17. The quantitative estimate of drug-likeness (QED) is 0.169. The Hall–Kier alpha value is -2.10. The second kappa shape index (κ2) is 20.1. The van der Waals surface area contributed by atoms with Gasteiger partial charge in [0.05, 0.1) is 23.0 Å². The molecule has 4 aromatic heterocycles. The van der Waals surface area contributed by atoms with Gasteiger partial charge in [-0.3, -0.25) is 9.59 Å². The normalized spacial score (nSPS) is 8.97. The molecule has 4 aromatic rings. The number of halogens is 4. The fourth-order valence-corrected chi connectivity index (χ4v) is 3.93. The van der Waals surface area contributed by atoms with E-state index in [1.165, 1.54) is 52.4 Å². The van der Waals surface area contributed by atoms with Crippen molar-refractivity contribution in [3.8, 4) is 0 Å². The summed E-state index contributed by atoms with van der Waals surface area (Å²) in [5.41, 5.74) is 0. The van der Waals surface area contributed by atoms with Crippen molar-refractivity contribution < 1.29 is 59.9 Å². The number of thiophene rings is 4. The van der Waals surface area contributed by atoms with E-state index in [4.69, 9.17) is 17.9 Å². The minimum absolute atomic E-state index is 0.0609. The number of carbonyl (C=O) groups is 2. The van der Waals surface area contributed by atoms with Gasteiger partial charge in [0, 0.05) is 20.5 Å². The molecule has 0 amide bonds.